The number of hydrogen-bond acceptors (Lipinski definition) is 3. The third kappa shape index (κ3) is 3.06. The van der Waals surface area contributed by atoms with Crippen molar-refractivity contribution < 1.29 is 0 Å². The Morgan fingerprint density at radius 1 is 1.10 bits per heavy atom. The van der Waals surface area contributed by atoms with Gasteiger partial charge in [-0.2, -0.15) is 0 Å². The lowest BCUT2D eigenvalue weighted by Crippen LogP contribution is -2.23. The first-order valence-electron chi connectivity index (χ1n) is 6.94. The highest BCUT2D eigenvalue weighted by molar-refractivity contribution is 6.31. The molecule has 21 heavy (non-hydrogen) atoms. The minimum atomic E-state index is 0.111. The van der Waals surface area contributed by atoms with E-state index in [4.69, 9.17) is 11.6 Å². The van der Waals surface area contributed by atoms with Crippen molar-refractivity contribution in [3.63, 3.8) is 0 Å². The molecule has 3 aromatic rings. The van der Waals surface area contributed by atoms with E-state index in [0.29, 0.717) is 5.02 Å². The van der Waals surface area contributed by atoms with E-state index in [1.807, 2.05) is 30.3 Å². The number of aromatic nitrogens is 3. The van der Waals surface area contributed by atoms with Crippen LogP contribution in [0.2, 0.25) is 5.02 Å². The maximum absolute atomic E-state index is 6.00. The molecule has 5 heteroatoms. The van der Waals surface area contributed by atoms with Crippen LogP contribution in [0.1, 0.15) is 37.3 Å². The minimum Gasteiger partial charge on any atom is -0.341 e. The number of nitrogens with one attached hydrogen (secondary N) is 2. The first-order chi connectivity index (χ1) is 10.1. The molecule has 2 aromatic heterocycles. The third-order valence-corrected chi connectivity index (χ3v) is 3.81. The van der Waals surface area contributed by atoms with Gasteiger partial charge < -0.3 is 10.3 Å². The number of fused-ring (bicyclic) bond motifs is 1. The van der Waals surface area contributed by atoms with Crippen LogP contribution < -0.4 is 5.32 Å². The molecular weight excluding hydrogens is 284 g/mol. The van der Waals surface area contributed by atoms with Crippen molar-refractivity contribution >= 4 is 22.6 Å². The van der Waals surface area contributed by atoms with Gasteiger partial charge in [-0.3, -0.25) is 4.98 Å². The van der Waals surface area contributed by atoms with Crippen molar-refractivity contribution in [2.45, 2.75) is 25.9 Å². The van der Waals surface area contributed by atoms with Crippen LogP contribution in [-0.4, -0.2) is 15.0 Å². The zero-order valence-electron chi connectivity index (χ0n) is 12.0. The molecule has 108 valence electrons. The van der Waals surface area contributed by atoms with Gasteiger partial charge in [-0.1, -0.05) is 11.6 Å². The summed E-state index contributed by atoms with van der Waals surface area (Å²) in [5.74, 6) is 0.910. The molecule has 3 rings (SSSR count). The Bertz CT molecular complexity index is 738. The Labute approximate surface area is 128 Å². The van der Waals surface area contributed by atoms with Gasteiger partial charge in [0.25, 0.3) is 0 Å². The number of aromatic amines is 1. The van der Waals surface area contributed by atoms with E-state index in [9.17, 15) is 0 Å². The van der Waals surface area contributed by atoms with E-state index in [1.165, 1.54) is 5.56 Å². The average Bonchev–Trinajstić information content (AvgIpc) is 2.91. The summed E-state index contributed by atoms with van der Waals surface area (Å²) in [6.45, 7) is 4.22. The maximum Gasteiger partial charge on any atom is 0.124 e. The summed E-state index contributed by atoms with van der Waals surface area (Å²) >= 11 is 6.00. The fraction of sp³-hybridized carbons (Fsp3) is 0.250. The van der Waals surface area contributed by atoms with E-state index in [2.05, 4.69) is 34.1 Å². The van der Waals surface area contributed by atoms with E-state index in [0.717, 1.165) is 16.9 Å². The van der Waals surface area contributed by atoms with Crippen LogP contribution in [0.4, 0.5) is 0 Å². The van der Waals surface area contributed by atoms with Crippen LogP contribution in [0.5, 0.6) is 0 Å². The number of halogens is 1. The predicted octanol–water partition coefficient (Wildman–Crippen LogP) is 4.02. The summed E-state index contributed by atoms with van der Waals surface area (Å²) in [7, 11) is 0. The summed E-state index contributed by atoms with van der Waals surface area (Å²) in [5, 5.41) is 4.25. The summed E-state index contributed by atoms with van der Waals surface area (Å²) < 4.78 is 0. The zero-order valence-corrected chi connectivity index (χ0v) is 12.7. The van der Waals surface area contributed by atoms with Gasteiger partial charge in [0.05, 0.1) is 17.1 Å². The molecule has 0 aliphatic carbocycles. The van der Waals surface area contributed by atoms with Gasteiger partial charge in [0, 0.05) is 23.5 Å². The van der Waals surface area contributed by atoms with Crippen LogP contribution in [0.25, 0.3) is 11.0 Å². The van der Waals surface area contributed by atoms with Crippen LogP contribution in [-0.2, 0) is 0 Å². The number of pyridine rings is 1. The molecule has 0 unspecified atom stereocenters. The molecule has 0 aliphatic heterocycles. The van der Waals surface area contributed by atoms with Crippen molar-refractivity contribution in [1.82, 2.24) is 20.3 Å². The molecule has 0 amide bonds. The Balaban J connectivity index is 1.79. The van der Waals surface area contributed by atoms with Crippen molar-refractivity contribution in [3.05, 3.63) is 59.1 Å². The molecule has 2 N–H and O–H groups in total. The van der Waals surface area contributed by atoms with Gasteiger partial charge in [0.2, 0.25) is 0 Å². The standard InChI is InChI=1S/C16H17ClN4/c1-10(12-5-7-18-8-6-12)19-11(2)16-20-14-4-3-13(17)9-15(14)21-16/h3-11,19H,1-2H3,(H,20,21)/t10-,11-/m1/s1. The Hall–Kier alpha value is -1.91. The summed E-state index contributed by atoms with van der Waals surface area (Å²) in [6.07, 6.45) is 3.61. The number of imidazole rings is 1. The predicted molar refractivity (Wildman–Crippen MR) is 85.3 cm³/mol. The molecule has 2 atom stereocenters. The molecular formula is C16H17ClN4. The summed E-state index contributed by atoms with van der Waals surface area (Å²) in [6, 6.07) is 10.0. The number of rotatable bonds is 4. The molecule has 0 spiro atoms. The molecule has 0 saturated carbocycles. The van der Waals surface area contributed by atoms with Crippen molar-refractivity contribution in [2.24, 2.45) is 0 Å². The minimum absolute atomic E-state index is 0.111. The van der Waals surface area contributed by atoms with Gasteiger partial charge >= 0.3 is 0 Å². The molecule has 0 bridgehead atoms. The highest BCUT2D eigenvalue weighted by Crippen LogP contribution is 2.22. The van der Waals surface area contributed by atoms with Gasteiger partial charge in [-0.05, 0) is 49.7 Å². The summed E-state index contributed by atoms with van der Waals surface area (Å²) in [5.41, 5.74) is 3.10. The molecule has 1 aromatic carbocycles. The lowest BCUT2D eigenvalue weighted by molar-refractivity contribution is 0.480. The second kappa shape index (κ2) is 5.84. The maximum atomic E-state index is 6.00. The van der Waals surface area contributed by atoms with Gasteiger partial charge in [-0.25, -0.2) is 4.98 Å². The van der Waals surface area contributed by atoms with Crippen molar-refractivity contribution in [2.75, 3.05) is 0 Å². The van der Waals surface area contributed by atoms with Crippen LogP contribution >= 0.6 is 11.6 Å². The fourth-order valence-electron chi connectivity index (χ4n) is 2.41. The SMILES string of the molecule is C[C@@H](N[C@H](C)c1nc2ccc(Cl)cc2[nH]1)c1ccncc1. The highest BCUT2D eigenvalue weighted by atomic mass is 35.5. The Morgan fingerprint density at radius 3 is 2.62 bits per heavy atom. The molecule has 0 radical (unpaired) electrons. The van der Waals surface area contributed by atoms with Gasteiger partial charge in [-0.15, -0.1) is 0 Å². The van der Waals surface area contributed by atoms with Crippen LogP contribution in [0, 0.1) is 0 Å². The number of H-pyrrole nitrogens is 1. The number of nitrogens with zero attached hydrogens (tertiary/aromatic N) is 2. The monoisotopic (exact) mass is 300 g/mol. The van der Waals surface area contributed by atoms with Crippen molar-refractivity contribution in [1.29, 1.82) is 0 Å². The topological polar surface area (TPSA) is 53.6 Å². The van der Waals surface area contributed by atoms with E-state index >= 15 is 0 Å². The molecule has 0 saturated heterocycles. The quantitative estimate of drug-likeness (QED) is 0.765. The summed E-state index contributed by atoms with van der Waals surface area (Å²) in [4.78, 5) is 12.0. The smallest absolute Gasteiger partial charge is 0.124 e. The average molecular weight is 301 g/mol. The largest absolute Gasteiger partial charge is 0.341 e. The normalized spacial score (nSPS) is 14.2. The highest BCUT2D eigenvalue weighted by Gasteiger charge is 2.14. The number of hydrogen-bond donors (Lipinski definition) is 2. The Kier molecular flexibility index (Phi) is 3.90. The van der Waals surface area contributed by atoms with E-state index in [1.54, 1.807) is 12.4 Å². The Morgan fingerprint density at radius 2 is 1.86 bits per heavy atom. The van der Waals surface area contributed by atoms with E-state index in [-0.39, 0.29) is 12.1 Å². The fourth-order valence-corrected chi connectivity index (χ4v) is 2.58. The first-order valence-corrected chi connectivity index (χ1v) is 7.32. The van der Waals surface area contributed by atoms with E-state index < -0.39 is 0 Å². The third-order valence-electron chi connectivity index (χ3n) is 3.58. The molecule has 2 heterocycles. The lowest BCUT2D eigenvalue weighted by atomic mass is 10.1. The molecule has 0 fully saturated rings. The zero-order chi connectivity index (χ0) is 14.8. The molecule has 0 aliphatic rings. The van der Waals surface area contributed by atoms with Crippen LogP contribution in [0.3, 0.4) is 0 Å². The molecule has 4 nitrogen and oxygen atoms in total. The first kappa shape index (κ1) is 14.0. The lowest BCUT2D eigenvalue weighted by Gasteiger charge is -2.18. The second-order valence-electron chi connectivity index (χ2n) is 5.17. The van der Waals surface area contributed by atoms with Crippen LogP contribution in [0.15, 0.2) is 42.7 Å². The van der Waals surface area contributed by atoms with Gasteiger partial charge in [0.1, 0.15) is 5.82 Å². The van der Waals surface area contributed by atoms with Crippen molar-refractivity contribution in [3.8, 4) is 0 Å². The second-order valence-corrected chi connectivity index (χ2v) is 5.61. The van der Waals surface area contributed by atoms with Gasteiger partial charge in [0.15, 0.2) is 0 Å². The number of benzene rings is 1.